The summed E-state index contributed by atoms with van der Waals surface area (Å²) in [7, 11) is -3.95. The highest BCUT2D eigenvalue weighted by molar-refractivity contribution is 7.85. The van der Waals surface area contributed by atoms with Gasteiger partial charge in [-0.1, -0.05) is 0 Å². The fourth-order valence-electron chi connectivity index (χ4n) is 1.33. The third kappa shape index (κ3) is 4.59. The zero-order valence-corrected chi connectivity index (χ0v) is 10.0. The second-order valence-electron chi connectivity index (χ2n) is 3.46. The first-order valence-corrected chi connectivity index (χ1v) is 6.66. The lowest BCUT2D eigenvalue weighted by molar-refractivity contribution is 0.310. The summed E-state index contributed by atoms with van der Waals surface area (Å²) in [4.78, 5) is 0. The van der Waals surface area contributed by atoms with Gasteiger partial charge in [0.25, 0.3) is 10.1 Å². The van der Waals surface area contributed by atoms with E-state index in [9.17, 15) is 8.42 Å². The van der Waals surface area contributed by atoms with Crippen LogP contribution in [-0.2, 0) is 16.7 Å². The van der Waals surface area contributed by atoms with Crippen LogP contribution in [0.15, 0.2) is 6.20 Å². The standard InChI is InChI=1S/C8H16N4O4S/c9-7-6-11-12(8(7)10-2-4-13)3-1-5-17(14,15)16/h6,10,13H,1-5,9H2,(H,14,15,16). The predicted molar refractivity (Wildman–Crippen MR) is 63.2 cm³/mol. The summed E-state index contributed by atoms with van der Waals surface area (Å²) in [6.45, 7) is 0.592. The molecule has 0 bridgehead atoms. The summed E-state index contributed by atoms with van der Waals surface area (Å²) in [6, 6.07) is 0. The fourth-order valence-corrected chi connectivity index (χ4v) is 1.83. The Hall–Kier alpha value is -1.32. The Morgan fingerprint density at radius 1 is 1.53 bits per heavy atom. The van der Waals surface area contributed by atoms with Crippen LogP contribution in [0.5, 0.6) is 0 Å². The first-order chi connectivity index (χ1) is 7.94. The number of aliphatic hydroxyl groups excluding tert-OH is 1. The molecule has 0 amide bonds. The molecule has 0 atom stereocenters. The van der Waals surface area contributed by atoms with E-state index in [1.54, 1.807) is 0 Å². The van der Waals surface area contributed by atoms with E-state index in [1.165, 1.54) is 10.9 Å². The molecule has 9 heteroatoms. The van der Waals surface area contributed by atoms with Crippen LogP contribution in [0.4, 0.5) is 11.5 Å². The number of hydrogen-bond donors (Lipinski definition) is 4. The van der Waals surface area contributed by atoms with Crippen molar-refractivity contribution in [3.8, 4) is 0 Å². The Kier molecular flexibility index (Phi) is 4.73. The van der Waals surface area contributed by atoms with Gasteiger partial charge < -0.3 is 16.2 Å². The molecule has 0 unspecified atom stereocenters. The summed E-state index contributed by atoms with van der Waals surface area (Å²) in [5.41, 5.74) is 6.07. The predicted octanol–water partition coefficient (Wildman–Crippen LogP) is -0.853. The third-order valence-electron chi connectivity index (χ3n) is 2.04. The number of rotatable bonds is 7. The number of nitrogen functional groups attached to an aromatic ring is 1. The second-order valence-corrected chi connectivity index (χ2v) is 5.03. The highest BCUT2D eigenvalue weighted by Gasteiger charge is 2.09. The maximum absolute atomic E-state index is 10.5. The number of aromatic nitrogens is 2. The van der Waals surface area contributed by atoms with Crippen LogP contribution in [0.1, 0.15) is 6.42 Å². The topological polar surface area (TPSA) is 130 Å². The molecule has 1 aromatic heterocycles. The molecular weight excluding hydrogens is 248 g/mol. The van der Waals surface area contributed by atoms with Crippen molar-refractivity contribution in [3.05, 3.63) is 6.20 Å². The van der Waals surface area contributed by atoms with Crippen molar-refractivity contribution in [1.82, 2.24) is 9.78 Å². The molecule has 0 spiro atoms. The van der Waals surface area contributed by atoms with E-state index in [2.05, 4.69) is 10.4 Å². The van der Waals surface area contributed by atoms with Crippen molar-refractivity contribution in [1.29, 1.82) is 0 Å². The molecule has 0 aliphatic rings. The van der Waals surface area contributed by atoms with E-state index in [-0.39, 0.29) is 18.8 Å². The molecule has 5 N–H and O–H groups in total. The minimum Gasteiger partial charge on any atom is -0.395 e. The molecule has 1 heterocycles. The van der Waals surface area contributed by atoms with Gasteiger partial charge in [0.05, 0.1) is 24.2 Å². The van der Waals surface area contributed by atoms with E-state index in [0.29, 0.717) is 24.6 Å². The van der Waals surface area contributed by atoms with Crippen LogP contribution in [0.2, 0.25) is 0 Å². The van der Waals surface area contributed by atoms with E-state index in [4.69, 9.17) is 15.4 Å². The molecule has 0 fully saturated rings. The van der Waals surface area contributed by atoms with Gasteiger partial charge in [0, 0.05) is 13.1 Å². The quantitative estimate of drug-likeness (QED) is 0.472. The van der Waals surface area contributed by atoms with Gasteiger partial charge >= 0.3 is 0 Å². The number of aliphatic hydroxyl groups is 1. The Labute approximate surface area is 99.2 Å². The molecule has 1 aromatic rings. The molecule has 0 aliphatic heterocycles. The summed E-state index contributed by atoms with van der Waals surface area (Å²) >= 11 is 0. The van der Waals surface area contributed by atoms with Gasteiger partial charge in [0.1, 0.15) is 5.82 Å². The van der Waals surface area contributed by atoms with Crippen LogP contribution in [0.3, 0.4) is 0 Å². The molecule has 8 nitrogen and oxygen atoms in total. The van der Waals surface area contributed by atoms with Gasteiger partial charge in [0.2, 0.25) is 0 Å². The van der Waals surface area contributed by atoms with E-state index >= 15 is 0 Å². The summed E-state index contributed by atoms with van der Waals surface area (Å²) < 4.78 is 31.1. The average Bonchev–Trinajstić information content (AvgIpc) is 2.55. The average molecular weight is 264 g/mol. The first kappa shape index (κ1) is 13.7. The second kappa shape index (κ2) is 5.84. The van der Waals surface area contributed by atoms with Crippen molar-refractivity contribution in [2.24, 2.45) is 0 Å². The van der Waals surface area contributed by atoms with Gasteiger partial charge in [0.15, 0.2) is 0 Å². The first-order valence-electron chi connectivity index (χ1n) is 5.05. The molecule has 0 aliphatic carbocycles. The highest BCUT2D eigenvalue weighted by atomic mass is 32.2. The Balaban J connectivity index is 2.58. The monoisotopic (exact) mass is 264 g/mol. The number of aryl methyl sites for hydroxylation is 1. The van der Waals surface area contributed by atoms with E-state index in [0.717, 1.165) is 0 Å². The lowest BCUT2D eigenvalue weighted by atomic mass is 10.4. The molecule has 98 valence electrons. The maximum Gasteiger partial charge on any atom is 0.264 e. The lowest BCUT2D eigenvalue weighted by Gasteiger charge is -2.09. The van der Waals surface area contributed by atoms with Crippen LogP contribution >= 0.6 is 0 Å². The molecule has 1 rings (SSSR count). The zero-order valence-electron chi connectivity index (χ0n) is 9.20. The SMILES string of the molecule is Nc1cnn(CCCS(=O)(=O)O)c1NCCO. The molecule has 0 radical (unpaired) electrons. The summed E-state index contributed by atoms with van der Waals surface area (Å²) in [6.07, 6.45) is 1.67. The Morgan fingerprint density at radius 2 is 2.24 bits per heavy atom. The smallest absolute Gasteiger partial charge is 0.264 e. The van der Waals surface area contributed by atoms with Crippen LogP contribution in [0, 0.1) is 0 Å². The van der Waals surface area contributed by atoms with Crippen molar-refractivity contribution in [2.45, 2.75) is 13.0 Å². The van der Waals surface area contributed by atoms with Crippen LogP contribution in [-0.4, -0.2) is 46.8 Å². The van der Waals surface area contributed by atoms with Gasteiger partial charge in [-0.15, -0.1) is 0 Å². The summed E-state index contributed by atoms with van der Waals surface area (Å²) in [5, 5.41) is 15.5. The number of nitrogens with two attached hydrogens (primary N) is 1. The minimum atomic E-state index is -3.95. The maximum atomic E-state index is 10.5. The largest absolute Gasteiger partial charge is 0.395 e. The van der Waals surface area contributed by atoms with Crippen LogP contribution in [0.25, 0.3) is 0 Å². The van der Waals surface area contributed by atoms with Crippen molar-refractivity contribution < 1.29 is 18.1 Å². The normalized spacial score (nSPS) is 11.6. The minimum absolute atomic E-state index is 0.0460. The molecule has 0 saturated heterocycles. The van der Waals surface area contributed by atoms with Crippen molar-refractivity contribution >= 4 is 21.6 Å². The number of nitrogens with zero attached hydrogens (tertiary/aromatic N) is 2. The molecular formula is C8H16N4O4S. The van der Waals surface area contributed by atoms with Gasteiger partial charge in [-0.25, -0.2) is 4.68 Å². The van der Waals surface area contributed by atoms with Crippen molar-refractivity contribution in [3.63, 3.8) is 0 Å². The lowest BCUT2D eigenvalue weighted by Crippen LogP contribution is -2.14. The molecule has 0 saturated carbocycles. The third-order valence-corrected chi connectivity index (χ3v) is 2.85. The van der Waals surface area contributed by atoms with E-state index in [1.807, 2.05) is 0 Å². The number of nitrogens with one attached hydrogen (secondary N) is 1. The number of anilines is 2. The van der Waals surface area contributed by atoms with E-state index < -0.39 is 10.1 Å². The molecule has 17 heavy (non-hydrogen) atoms. The fraction of sp³-hybridized carbons (Fsp3) is 0.625. The highest BCUT2D eigenvalue weighted by Crippen LogP contribution is 2.17. The summed E-state index contributed by atoms with van der Waals surface area (Å²) in [5.74, 6) is 0.209. The van der Waals surface area contributed by atoms with Gasteiger partial charge in [-0.2, -0.15) is 13.5 Å². The zero-order chi connectivity index (χ0) is 12.9. The number of hydrogen-bond acceptors (Lipinski definition) is 6. The van der Waals surface area contributed by atoms with Crippen molar-refractivity contribution in [2.75, 3.05) is 30.0 Å². The van der Waals surface area contributed by atoms with Gasteiger partial charge in [-0.05, 0) is 6.42 Å². The Morgan fingerprint density at radius 3 is 2.82 bits per heavy atom. The Bertz CT molecular complexity index is 456. The molecule has 0 aromatic carbocycles. The van der Waals surface area contributed by atoms with Crippen LogP contribution < -0.4 is 11.1 Å². The van der Waals surface area contributed by atoms with Gasteiger partial charge in [-0.3, -0.25) is 4.55 Å².